The molecule has 1 aliphatic carbocycles. The van der Waals surface area contributed by atoms with Crippen LogP contribution in [0.1, 0.15) is 31.0 Å². The van der Waals surface area contributed by atoms with Gasteiger partial charge in [0.25, 0.3) is 0 Å². The highest BCUT2D eigenvalue weighted by atomic mass is 32.2. The number of halogens is 1. The average Bonchev–Trinajstić information content (AvgIpc) is 2.52. The fourth-order valence-corrected chi connectivity index (χ4v) is 3.69. The molecule has 0 aliphatic heterocycles. The van der Waals surface area contributed by atoms with Crippen molar-refractivity contribution in [2.45, 2.75) is 36.1 Å². The summed E-state index contributed by atoms with van der Waals surface area (Å²) in [5, 5.41) is 0. The van der Waals surface area contributed by atoms with Gasteiger partial charge in [0, 0.05) is 16.8 Å². The minimum absolute atomic E-state index is 0.468. The third-order valence-electron chi connectivity index (χ3n) is 4.10. The number of nitrogens with zero attached hydrogens (tertiary/aromatic N) is 1. The van der Waals surface area contributed by atoms with Crippen LogP contribution in [0.15, 0.2) is 47.5 Å². The van der Waals surface area contributed by atoms with E-state index in [4.69, 9.17) is 4.74 Å². The smallest absolute Gasteiger partial charge is 0.153 e. The Morgan fingerprint density at radius 1 is 1.23 bits per heavy atom. The van der Waals surface area contributed by atoms with E-state index in [9.17, 15) is 4.39 Å². The van der Waals surface area contributed by atoms with Crippen LogP contribution in [-0.2, 0) is 11.4 Å². The second kappa shape index (κ2) is 6.29. The summed E-state index contributed by atoms with van der Waals surface area (Å²) >= 11 is 1.71. The van der Waals surface area contributed by atoms with Crippen LogP contribution in [0.3, 0.4) is 0 Å². The zero-order valence-corrected chi connectivity index (χ0v) is 13.7. The van der Waals surface area contributed by atoms with Gasteiger partial charge in [0.15, 0.2) is 5.67 Å². The maximum Gasteiger partial charge on any atom is 0.153 e. The molecule has 22 heavy (non-hydrogen) atoms. The van der Waals surface area contributed by atoms with Crippen LogP contribution in [0.25, 0.3) is 0 Å². The summed E-state index contributed by atoms with van der Waals surface area (Å²) in [7, 11) is 1.66. The monoisotopic (exact) mass is 317 g/mol. The zero-order chi connectivity index (χ0) is 15.6. The second-order valence-electron chi connectivity index (χ2n) is 5.99. The van der Waals surface area contributed by atoms with Crippen molar-refractivity contribution in [1.82, 2.24) is 4.98 Å². The molecule has 0 N–H and O–H groups in total. The number of rotatable bonds is 5. The number of thioether (sulfide) groups is 1. The molecule has 2 aromatic rings. The van der Waals surface area contributed by atoms with Gasteiger partial charge in [-0.2, -0.15) is 0 Å². The Morgan fingerprint density at radius 3 is 2.50 bits per heavy atom. The molecular formula is C18H20FNOS. The molecule has 0 spiro atoms. The van der Waals surface area contributed by atoms with Crippen molar-refractivity contribution in [1.29, 1.82) is 0 Å². The molecule has 0 amide bonds. The van der Waals surface area contributed by atoms with Gasteiger partial charge < -0.3 is 4.74 Å². The van der Waals surface area contributed by atoms with E-state index in [-0.39, 0.29) is 0 Å². The summed E-state index contributed by atoms with van der Waals surface area (Å²) in [5.41, 5.74) is 0.613. The molecule has 4 heteroatoms. The molecule has 1 aliphatic rings. The normalized spacial score (nSPS) is 23.9. The zero-order valence-electron chi connectivity index (χ0n) is 12.9. The molecule has 0 radical (unpaired) electrons. The van der Waals surface area contributed by atoms with Gasteiger partial charge in [0.05, 0.1) is 12.8 Å². The predicted octanol–water partition coefficient (Wildman–Crippen LogP) is 4.98. The van der Waals surface area contributed by atoms with Gasteiger partial charge in [-0.05, 0) is 48.6 Å². The maximum atomic E-state index is 14.5. The Kier molecular flexibility index (Phi) is 4.39. The van der Waals surface area contributed by atoms with E-state index in [0.29, 0.717) is 24.5 Å². The Balaban J connectivity index is 1.59. The first-order valence-electron chi connectivity index (χ1n) is 7.50. The summed E-state index contributed by atoms with van der Waals surface area (Å²) < 4.78 is 19.6. The van der Waals surface area contributed by atoms with Crippen LogP contribution >= 0.6 is 11.8 Å². The SMILES string of the molecule is COc1ccc(CSc2ccc([C@]3(F)C[C@@H](C)C3)nc2)cc1. The molecule has 1 saturated carbocycles. The van der Waals surface area contributed by atoms with Crippen LogP contribution in [0.5, 0.6) is 5.75 Å². The highest BCUT2D eigenvalue weighted by molar-refractivity contribution is 7.98. The lowest BCUT2D eigenvalue weighted by molar-refractivity contribution is 0.00720. The Hall–Kier alpha value is -1.55. The number of hydrogen-bond donors (Lipinski definition) is 0. The van der Waals surface area contributed by atoms with Crippen LogP contribution in [-0.4, -0.2) is 12.1 Å². The van der Waals surface area contributed by atoms with Crippen molar-refractivity contribution < 1.29 is 9.13 Å². The lowest BCUT2D eigenvalue weighted by atomic mass is 9.71. The molecule has 1 aromatic carbocycles. The minimum atomic E-state index is -1.20. The number of alkyl halides is 1. The number of pyridine rings is 1. The largest absolute Gasteiger partial charge is 0.497 e. The standard InChI is InChI=1S/C18H20FNOS/c1-13-9-18(19,10-13)17-8-7-16(11-20-17)22-12-14-3-5-15(21-2)6-4-14/h3-8,11,13H,9-10,12H2,1-2H3/t13-,18+. The Morgan fingerprint density at radius 2 is 1.95 bits per heavy atom. The first kappa shape index (κ1) is 15.3. The van der Waals surface area contributed by atoms with Crippen molar-refractivity contribution in [3.05, 3.63) is 53.9 Å². The van der Waals surface area contributed by atoms with Gasteiger partial charge in [-0.1, -0.05) is 19.1 Å². The average molecular weight is 317 g/mol. The number of aromatic nitrogens is 1. The van der Waals surface area contributed by atoms with Gasteiger partial charge in [-0.3, -0.25) is 4.98 Å². The molecule has 0 bridgehead atoms. The van der Waals surface area contributed by atoms with E-state index in [2.05, 4.69) is 24.0 Å². The molecule has 116 valence electrons. The van der Waals surface area contributed by atoms with Crippen LogP contribution < -0.4 is 4.74 Å². The highest BCUT2D eigenvalue weighted by Crippen LogP contribution is 2.48. The fraction of sp³-hybridized carbons (Fsp3) is 0.389. The Labute approximate surface area is 135 Å². The number of ether oxygens (including phenoxy) is 1. The van der Waals surface area contributed by atoms with Crippen molar-refractivity contribution in [2.75, 3.05) is 7.11 Å². The quantitative estimate of drug-likeness (QED) is 0.726. The van der Waals surface area contributed by atoms with Crippen molar-refractivity contribution in [2.24, 2.45) is 5.92 Å². The van der Waals surface area contributed by atoms with Gasteiger partial charge in [-0.15, -0.1) is 11.8 Å². The fourth-order valence-electron chi connectivity index (χ4n) is 2.87. The third kappa shape index (κ3) is 3.27. The number of methoxy groups -OCH3 is 1. The van der Waals surface area contributed by atoms with Crippen LogP contribution in [0.4, 0.5) is 4.39 Å². The molecule has 3 rings (SSSR count). The van der Waals surface area contributed by atoms with Crippen molar-refractivity contribution >= 4 is 11.8 Å². The molecule has 1 heterocycles. The van der Waals surface area contributed by atoms with Gasteiger partial charge in [0.1, 0.15) is 5.75 Å². The molecule has 0 unspecified atom stereocenters. The van der Waals surface area contributed by atoms with E-state index in [1.807, 2.05) is 24.3 Å². The third-order valence-corrected chi connectivity index (χ3v) is 5.16. The van der Waals surface area contributed by atoms with Gasteiger partial charge in [-0.25, -0.2) is 4.39 Å². The summed E-state index contributed by atoms with van der Waals surface area (Å²) in [6.45, 7) is 2.08. The summed E-state index contributed by atoms with van der Waals surface area (Å²) in [6, 6.07) is 11.8. The first-order valence-corrected chi connectivity index (χ1v) is 8.49. The van der Waals surface area contributed by atoms with Crippen LogP contribution in [0.2, 0.25) is 0 Å². The molecule has 0 saturated heterocycles. The summed E-state index contributed by atoms with van der Waals surface area (Å²) in [5.74, 6) is 2.20. The number of hydrogen-bond acceptors (Lipinski definition) is 3. The number of benzene rings is 1. The first-order chi connectivity index (χ1) is 10.6. The predicted molar refractivity (Wildman–Crippen MR) is 88.0 cm³/mol. The topological polar surface area (TPSA) is 22.1 Å². The van der Waals surface area contributed by atoms with Crippen molar-refractivity contribution in [3.8, 4) is 5.75 Å². The molecule has 0 atom stereocenters. The maximum absolute atomic E-state index is 14.5. The van der Waals surface area contributed by atoms with E-state index in [1.54, 1.807) is 25.1 Å². The molecule has 2 nitrogen and oxygen atoms in total. The molecular weight excluding hydrogens is 297 g/mol. The van der Waals surface area contributed by atoms with E-state index in [1.165, 1.54) is 5.56 Å². The summed E-state index contributed by atoms with van der Waals surface area (Å²) in [6.07, 6.45) is 2.98. The van der Waals surface area contributed by atoms with Gasteiger partial charge in [0.2, 0.25) is 0 Å². The van der Waals surface area contributed by atoms with E-state index >= 15 is 0 Å². The Bertz CT molecular complexity index is 621. The lowest BCUT2D eigenvalue weighted by Gasteiger charge is -2.39. The molecule has 1 fully saturated rings. The molecule has 1 aromatic heterocycles. The van der Waals surface area contributed by atoms with Gasteiger partial charge >= 0.3 is 0 Å². The second-order valence-corrected chi connectivity index (χ2v) is 7.04. The summed E-state index contributed by atoms with van der Waals surface area (Å²) in [4.78, 5) is 5.40. The van der Waals surface area contributed by atoms with E-state index < -0.39 is 5.67 Å². The van der Waals surface area contributed by atoms with Crippen LogP contribution in [0, 0.1) is 5.92 Å². The van der Waals surface area contributed by atoms with E-state index in [0.717, 1.165) is 16.4 Å². The highest BCUT2D eigenvalue weighted by Gasteiger charge is 2.45. The minimum Gasteiger partial charge on any atom is -0.497 e. The lowest BCUT2D eigenvalue weighted by Crippen LogP contribution is -2.36. The van der Waals surface area contributed by atoms with Crippen molar-refractivity contribution in [3.63, 3.8) is 0 Å².